The van der Waals surface area contributed by atoms with Crippen molar-refractivity contribution in [2.24, 2.45) is 0 Å². The summed E-state index contributed by atoms with van der Waals surface area (Å²) in [6.45, 7) is 9.38. The Bertz CT molecular complexity index is 350. The minimum Gasteiger partial charge on any atom is -0.449 e. The Hall–Kier alpha value is -1.31. The fourth-order valence-corrected chi connectivity index (χ4v) is 1.71. The Labute approximate surface area is 103 Å². The number of hydrogen-bond acceptors (Lipinski definition) is 4. The molecule has 1 heterocycles. The van der Waals surface area contributed by atoms with Gasteiger partial charge in [-0.2, -0.15) is 5.26 Å². The van der Waals surface area contributed by atoms with Gasteiger partial charge in [-0.1, -0.05) is 13.8 Å². The fraction of sp³-hybridized carbons (Fsp3) is 0.615. The van der Waals surface area contributed by atoms with E-state index in [0.717, 1.165) is 38.4 Å². The molecule has 0 saturated heterocycles. The molecular weight excluding hydrogens is 214 g/mol. The van der Waals surface area contributed by atoms with E-state index in [1.54, 1.807) is 6.07 Å². The van der Waals surface area contributed by atoms with Crippen molar-refractivity contribution >= 4 is 0 Å². The molecule has 17 heavy (non-hydrogen) atoms. The van der Waals surface area contributed by atoms with Crippen LogP contribution in [0.4, 0.5) is 0 Å². The fourth-order valence-electron chi connectivity index (χ4n) is 1.71. The largest absolute Gasteiger partial charge is 0.449 e. The Balaban J connectivity index is 2.10. The Morgan fingerprint density at radius 2 is 2.12 bits per heavy atom. The van der Waals surface area contributed by atoms with Crippen LogP contribution in [0.15, 0.2) is 16.5 Å². The molecule has 0 amide bonds. The van der Waals surface area contributed by atoms with Crippen molar-refractivity contribution in [3.8, 4) is 6.07 Å². The first kappa shape index (κ1) is 13.8. The maximum absolute atomic E-state index is 8.61. The van der Waals surface area contributed by atoms with Gasteiger partial charge < -0.3 is 14.6 Å². The Kier molecular flexibility index (Phi) is 6.38. The van der Waals surface area contributed by atoms with Crippen LogP contribution in [0.2, 0.25) is 0 Å². The molecule has 0 aliphatic heterocycles. The molecule has 0 aromatic carbocycles. The number of rotatable bonds is 8. The topological polar surface area (TPSA) is 52.2 Å². The Morgan fingerprint density at radius 1 is 1.35 bits per heavy atom. The second kappa shape index (κ2) is 7.88. The molecule has 0 fully saturated rings. The lowest BCUT2D eigenvalue weighted by atomic mass is 10.3. The first-order valence-corrected chi connectivity index (χ1v) is 6.22. The first-order valence-electron chi connectivity index (χ1n) is 6.22. The zero-order valence-corrected chi connectivity index (χ0v) is 10.7. The van der Waals surface area contributed by atoms with Crippen LogP contribution in [0.25, 0.3) is 0 Å². The standard InChI is InChI=1S/C13H21N3O/c1-3-16(4-2)9-5-8-15-11-13-7-6-12(10-14)17-13/h6-7,15H,3-5,8-9,11H2,1-2H3. The molecule has 4 heteroatoms. The van der Waals surface area contributed by atoms with Gasteiger partial charge in [-0.3, -0.25) is 0 Å². The van der Waals surface area contributed by atoms with E-state index in [1.807, 2.05) is 12.1 Å². The monoisotopic (exact) mass is 235 g/mol. The second-order valence-electron chi connectivity index (χ2n) is 3.93. The third-order valence-electron chi connectivity index (χ3n) is 2.79. The first-order chi connectivity index (χ1) is 8.30. The van der Waals surface area contributed by atoms with Crippen molar-refractivity contribution in [3.05, 3.63) is 23.7 Å². The minimum absolute atomic E-state index is 0.380. The number of nitrogens with zero attached hydrogens (tertiary/aromatic N) is 2. The van der Waals surface area contributed by atoms with Crippen molar-refractivity contribution in [1.82, 2.24) is 10.2 Å². The van der Waals surface area contributed by atoms with Crippen LogP contribution in [0.3, 0.4) is 0 Å². The van der Waals surface area contributed by atoms with Crippen LogP contribution < -0.4 is 5.32 Å². The summed E-state index contributed by atoms with van der Waals surface area (Å²) in [6, 6.07) is 5.52. The van der Waals surface area contributed by atoms with Crippen molar-refractivity contribution in [2.45, 2.75) is 26.8 Å². The number of nitrogens with one attached hydrogen (secondary N) is 1. The van der Waals surface area contributed by atoms with E-state index in [4.69, 9.17) is 9.68 Å². The van der Waals surface area contributed by atoms with Gasteiger partial charge in [0.15, 0.2) is 0 Å². The molecule has 1 aromatic rings. The molecule has 0 radical (unpaired) electrons. The summed E-state index contributed by atoms with van der Waals surface area (Å²) >= 11 is 0. The lowest BCUT2D eigenvalue weighted by molar-refractivity contribution is 0.297. The van der Waals surface area contributed by atoms with Crippen LogP contribution in [0.1, 0.15) is 31.8 Å². The zero-order valence-electron chi connectivity index (χ0n) is 10.7. The third-order valence-corrected chi connectivity index (χ3v) is 2.79. The molecule has 1 aromatic heterocycles. The molecule has 0 atom stereocenters. The molecule has 0 saturated carbocycles. The highest BCUT2D eigenvalue weighted by atomic mass is 16.3. The summed E-state index contributed by atoms with van der Waals surface area (Å²) < 4.78 is 5.27. The van der Waals surface area contributed by atoms with Gasteiger partial charge in [-0.25, -0.2) is 0 Å². The van der Waals surface area contributed by atoms with Crippen LogP contribution in [-0.2, 0) is 6.54 Å². The summed E-state index contributed by atoms with van der Waals surface area (Å²) in [5.41, 5.74) is 0. The lowest BCUT2D eigenvalue weighted by Gasteiger charge is -2.17. The van der Waals surface area contributed by atoms with Crippen LogP contribution >= 0.6 is 0 Å². The molecule has 1 rings (SSSR count). The van der Waals surface area contributed by atoms with Crippen molar-refractivity contribution in [2.75, 3.05) is 26.2 Å². The van der Waals surface area contributed by atoms with E-state index < -0.39 is 0 Å². The van der Waals surface area contributed by atoms with Gasteiger partial charge in [0.25, 0.3) is 0 Å². The van der Waals surface area contributed by atoms with Gasteiger partial charge >= 0.3 is 0 Å². The zero-order chi connectivity index (χ0) is 12.5. The molecule has 0 aliphatic rings. The average molecular weight is 235 g/mol. The van der Waals surface area contributed by atoms with E-state index in [1.165, 1.54) is 0 Å². The number of furan rings is 1. The SMILES string of the molecule is CCN(CC)CCCNCc1ccc(C#N)o1. The second-order valence-corrected chi connectivity index (χ2v) is 3.93. The van der Waals surface area contributed by atoms with E-state index in [-0.39, 0.29) is 0 Å². The Morgan fingerprint density at radius 3 is 2.71 bits per heavy atom. The minimum atomic E-state index is 0.380. The summed E-state index contributed by atoms with van der Waals surface area (Å²) in [7, 11) is 0. The summed E-state index contributed by atoms with van der Waals surface area (Å²) in [5, 5.41) is 11.9. The highest BCUT2D eigenvalue weighted by molar-refractivity contribution is 5.18. The molecule has 0 aliphatic carbocycles. The van der Waals surface area contributed by atoms with Gasteiger partial charge in [0, 0.05) is 0 Å². The van der Waals surface area contributed by atoms with Crippen LogP contribution in [0, 0.1) is 11.3 Å². The molecule has 0 bridgehead atoms. The van der Waals surface area contributed by atoms with Crippen LogP contribution in [-0.4, -0.2) is 31.1 Å². The molecule has 0 spiro atoms. The maximum Gasteiger partial charge on any atom is 0.203 e. The highest BCUT2D eigenvalue weighted by Gasteiger charge is 2.01. The quantitative estimate of drug-likeness (QED) is 0.700. The number of nitriles is 1. The summed E-state index contributed by atoms with van der Waals surface area (Å²) in [6.07, 6.45) is 1.13. The molecule has 1 N–H and O–H groups in total. The van der Waals surface area contributed by atoms with Crippen molar-refractivity contribution in [3.63, 3.8) is 0 Å². The van der Waals surface area contributed by atoms with Gasteiger partial charge in [0.05, 0.1) is 6.54 Å². The number of hydrogen-bond donors (Lipinski definition) is 1. The molecule has 0 unspecified atom stereocenters. The van der Waals surface area contributed by atoms with E-state index >= 15 is 0 Å². The van der Waals surface area contributed by atoms with E-state index in [0.29, 0.717) is 12.3 Å². The van der Waals surface area contributed by atoms with Gasteiger partial charge in [0.1, 0.15) is 11.8 Å². The average Bonchev–Trinajstić information content (AvgIpc) is 2.82. The smallest absolute Gasteiger partial charge is 0.203 e. The summed E-state index contributed by atoms with van der Waals surface area (Å²) in [4.78, 5) is 2.41. The van der Waals surface area contributed by atoms with Crippen molar-refractivity contribution < 1.29 is 4.42 Å². The van der Waals surface area contributed by atoms with Gasteiger partial charge in [0.2, 0.25) is 5.76 Å². The maximum atomic E-state index is 8.61. The predicted octanol–water partition coefficient (Wildman–Crippen LogP) is 1.97. The lowest BCUT2D eigenvalue weighted by Crippen LogP contribution is -2.27. The van der Waals surface area contributed by atoms with Gasteiger partial charge in [-0.15, -0.1) is 0 Å². The highest BCUT2D eigenvalue weighted by Crippen LogP contribution is 2.05. The normalized spacial score (nSPS) is 10.7. The van der Waals surface area contributed by atoms with Gasteiger partial charge in [-0.05, 0) is 44.7 Å². The third kappa shape index (κ3) is 5.03. The predicted molar refractivity (Wildman–Crippen MR) is 67.5 cm³/mol. The molecule has 94 valence electrons. The molecule has 4 nitrogen and oxygen atoms in total. The molecular formula is C13H21N3O. The summed E-state index contributed by atoms with van der Waals surface area (Å²) in [5.74, 6) is 1.20. The van der Waals surface area contributed by atoms with Crippen LogP contribution in [0.5, 0.6) is 0 Å². The van der Waals surface area contributed by atoms with E-state index in [2.05, 4.69) is 24.1 Å². The van der Waals surface area contributed by atoms with E-state index in [9.17, 15) is 0 Å². The van der Waals surface area contributed by atoms with Crippen molar-refractivity contribution in [1.29, 1.82) is 5.26 Å².